The molecule has 1 saturated heterocycles. The normalized spacial score (nSPS) is 20.0. The zero-order valence-electron chi connectivity index (χ0n) is 16.1. The highest BCUT2D eigenvalue weighted by Gasteiger charge is 2.50. The van der Waals surface area contributed by atoms with E-state index in [9.17, 15) is 14.4 Å². The molecule has 146 valence electrons. The predicted octanol–water partition coefficient (Wildman–Crippen LogP) is 3.22. The van der Waals surface area contributed by atoms with E-state index in [1.54, 1.807) is 19.9 Å². The number of carbonyl (C=O) groups excluding carboxylic acids is 3. The van der Waals surface area contributed by atoms with Gasteiger partial charge in [-0.3, -0.25) is 14.5 Å². The number of ketones is 1. The van der Waals surface area contributed by atoms with Crippen LogP contribution >= 0.6 is 0 Å². The number of nitrogens with one attached hydrogen (secondary N) is 1. The van der Waals surface area contributed by atoms with Crippen molar-refractivity contribution in [1.29, 1.82) is 0 Å². The summed E-state index contributed by atoms with van der Waals surface area (Å²) >= 11 is 0. The van der Waals surface area contributed by atoms with Crippen LogP contribution in [0.5, 0.6) is 0 Å². The van der Waals surface area contributed by atoms with Crippen LogP contribution in [0, 0.1) is 0 Å². The number of likely N-dealkylation sites (tertiary alicyclic amines) is 1. The molecule has 27 heavy (non-hydrogen) atoms. The molecule has 1 aliphatic rings. The quantitative estimate of drug-likeness (QED) is 0.711. The summed E-state index contributed by atoms with van der Waals surface area (Å²) in [6, 6.07) is 8.80. The third kappa shape index (κ3) is 4.76. The first-order valence-corrected chi connectivity index (χ1v) is 9.37. The minimum atomic E-state index is -1.06. The Morgan fingerprint density at radius 3 is 2.67 bits per heavy atom. The average molecular weight is 372 g/mol. The fraction of sp³-hybridized carbons (Fsp3) is 0.476. The van der Waals surface area contributed by atoms with Crippen molar-refractivity contribution in [2.75, 3.05) is 6.54 Å². The molecule has 6 heteroatoms. The second-order valence-electron chi connectivity index (χ2n) is 6.83. The SMILES string of the molecule is C=CCC1(C(=O)N[C@@H](C)C(=O)CC)CCCN1C(=O)OCc1ccccc1. The Balaban J connectivity index is 2.13. The van der Waals surface area contributed by atoms with Crippen LogP contribution < -0.4 is 5.32 Å². The first-order chi connectivity index (χ1) is 12.9. The average Bonchev–Trinajstić information content (AvgIpc) is 3.11. The number of benzene rings is 1. The Morgan fingerprint density at radius 1 is 1.33 bits per heavy atom. The molecule has 0 aliphatic carbocycles. The molecule has 2 atom stereocenters. The van der Waals surface area contributed by atoms with Crippen LogP contribution in [-0.4, -0.2) is 40.8 Å². The molecule has 1 unspecified atom stereocenters. The van der Waals surface area contributed by atoms with Gasteiger partial charge < -0.3 is 10.1 Å². The highest BCUT2D eigenvalue weighted by atomic mass is 16.6. The lowest BCUT2D eigenvalue weighted by atomic mass is 9.90. The predicted molar refractivity (Wildman–Crippen MR) is 103 cm³/mol. The standard InChI is InChI=1S/C21H28N2O4/c1-4-12-21(19(25)22-16(3)18(24)5-2)13-9-14-23(21)20(26)27-15-17-10-7-6-8-11-17/h4,6-8,10-11,16H,1,5,9,12-15H2,2-3H3,(H,22,25)/t16-,21?/m0/s1. The second kappa shape index (κ2) is 9.35. The summed E-state index contributed by atoms with van der Waals surface area (Å²) in [7, 11) is 0. The van der Waals surface area contributed by atoms with Crippen LogP contribution in [0.2, 0.25) is 0 Å². The molecule has 0 saturated carbocycles. The molecule has 1 fully saturated rings. The Kier molecular flexibility index (Phi) is 7.16. The van der Waals surface area contributed by atoms with Crippen molar-refractivity contribution in [2.45, 2.75) is 57.7 Å². The fourth-order valence-electron chi connectivity index (χ4n) is 3.44. The molecular formula is C21H28N2O4. The maximum absolute atomic E-state index is 13.0. The van der Waals surface area contributed by atoms with Crippen molar-refractivity contribution >= 4 is 17.8 Å². The van der Waals surface area contributed by atoms with Gasteiger partial charge >= 0.3 is 6.09 Å². The highest BCUT2D eigenvalue weighted by Crippen LogP contribution is 2.34. The molecule has 2 amide bonds. The van der Waals surface area contributed by atoms with Crippen molar-refractivity contribution < 1.29 is 19.1 Å². The minimum Gasteiger partial charge on any atom is -0.445 e. The van der Waals surface area contributed by atoms with Crippen LogP contribution in [0.25, 0.3) is 0 Å². The third-order valence-electron chi connectivity index (χ3n) is 5.00. The van der Waals surface area contributed by atoms with Crippen LogP contribution in [0.3, 0.4) is 0 Å². The number of amides is 2. The van der Waals surface area contributed by atoms with Gasteiger partial charge in [-0.1, -0.05) is 43.3 Å². The van der Waals surface area contributed by atoms with Gasteiger partial charge in [0.1, 0.15) is 12.1 Å². The topological polar surface area (TPSA) is 75.7 Å². The van der Waals surface area contributed by atoms with E-state index in [2.05, 4.69) is 11.9 Å². The van der Waals surface area contributed by atoms with E-state index in [1.807, 2.05) is 30.3 Å². The van der Waals surface area contributed by atoms with E-state index >= 15 is 0 Å². The molecule has 6 nitrogen and oxygen atoms in total. The molecule has 1 N–H and O–H groups in total. The van der Waals surface area contributed by atoms with Crippen LogP contribution in [0.15, 0.2) is 43.0 Å². The van der Waals surface area contributed by atoms with Gasteiger partial charge in [0.15, 0.2) is 5.78 Å². The number of hydrogen-bond acceptors (Lipinski definition) is 4. The molecule has 0 radical (unpaired) electrons. The fourth-order valence-corrected chi connectivity index (χ4v) is 3.44. The number of Topliss-reactive ketones (excluding diaryl/α,β-unsaturated/α-hetero) is 1. The summed E-state index contributed by atoms with van der Waals surface area (Å²) in [4.78, 5) is 39.1. The summed E-state index contributed by atoms with van der Waals surface area (Å²) in [6.45, 7) is 7.75. The van der Waals surface area contributed by atoms with Gasteiger partial charge in [0.2, 0.25) is 5.91 Å². The maximum atomic E-state index is 13.0. The van der Waals surface area contributed by atoms with Crippen molar-refractivity contribution in [2.24, 2.45) is 0 Å². The monoisotopic (exact) mass is 372 g/mol. The van der Waals surface area contributed by atoms with E-state index in [0.717, 1.165) is 5.56 Å². The number of hydrogen-bond donors (Lipinski definition) is 1. The summed E-state index contributed by atoms with van der Waals surface area (Å²) in [6.07, 6.45) is 2.97. The highest BCUT2D eigenvalue weighted by molar-refractivity contribution is 5.95. The molecule has 2 rings (SSSR count). The number of ether oxygens (including phenoxy) is 1. The second-order valence-corrected chi connectivity index (χ2v) is 6.83. The molecule has 1 aromatic carbocycles. The largest absolute Gasteiger partial charge is 0.445 e. The Hall–Kier alpha value is -2.63. The molecule has 1 heterocycles. The zero-order chi connectivity index (χ0) is 19.9. The smallest absolute Gasteiger partial charge is 0.411 e. The lowest BCUT2D eigenvalue weighted by Crippen LogP contribution is -2.59. The van der Waals surface area contributed by atoms with E-state index in [1.165, 1.54) is 4.90 Å². The van der Waals surface area contributed by atoms with E-state index in [0.29, 0.717) is 32.2 Å². The van der Waals surface area contributed by atoms with Gasteiger partial charge in [-0.15, -0.1) is 6.58 Å². The zero-order valence-corrected chi connectivity index (χ0v) is 16.1. The van der Waals surface area contributed by atoms with Crippen molar-refractivity contribution in [3.05, 3.63) is 48.6 Å². The summed E-state index contributed by atoms with van der Waals surface area (Å²) in [5, 5.41) is 2.77. The minimum absolute atomic E-state index is 0.0479. The molecular weight excluding hydrogens is 344 g/mol. The Morgan fingerprint density at radius 2 is 2.04 bits per heavy atom. The maximum Gasteiger partial charge on any atom is 0.411 e. The molecule has 1 aromatic rings. The number of rotatable bonds is 8. The lowest BCUT2D eigenvalue weighted by molar-refractivity contribution is -0.134. The first-order valence-electron chi connectivity index (χ1n) is 9.37. The number of nitrogens with zero attached hydrogens (tertiary/aromatic N) is 1. The van der Waals surface area contributed by atoms with Crippen LogP contribution in [0.1, 0.15) is 45.1 Å². The van der Waals surface area contributed by atoms with Crippen LogP contribution in [0.4, 0.5) is 4.79 Å². The molecule has 0 aromatic heterocycles. The van der Waals surface area contributed by atoms with Gasteiger partial charge in [-0.2, -0.15) is 0 Å². The number of carbonyl (C=O) groups is 3. The Bertz CT molecular complexity index is 689. The summed E-state index contributed by atoms with van der Waals surface area (Å²) in [5.74, 6) is -0.376. The van der Waals surface area contributed by atoms with Crippen molar-refractivity contribution in [3.8, 4) is 0 Å². The third-order valence-corrected chi connectivity index (χ3v) is 5.00. The summed E-state index contributed by atoms with van der Waals surface area (Å²) < 4.78 is 5.44. The van der Waals surface area contributed by atoms with Crippen molar-refractivity contribution in [3.63, 3.8) is 0 Å². The molecule has 0 spiro atoms. The van der Waals surface area contributed by atoms with Gasteiger partial charge in [0, 0.05) is 13.0 Å². The molecule has 0 bridgehead atoms. The van der Waals surface area contributed by atoms with Gasteiger partial charge in [-0.25, -0.2) is 4.79 Å². The lowest BCUT2D eigenvalue weighted by Gasteiger charge is -2.36. The van der Waals surface area contributed by atoms with Gasteiger partial charge in [0.05, 0.1) is 6.04 Å². The van der Waals surface area contributed by atoms with Gasteiger partial charge in [-0.05, 0) is 31.7 Å². The summed E-state index contributed by atoms with van der Waals surface area (Å²) in [5.41, 5.74) is -0.177. The van der Waals surface area contributed by atoms with E-state index in [4.69, 9.17) is 4.74 Å². The van der Waals surface area contributed by atoms with Crippen molar-refractivity contribution in [1.82, 2.24) is 10.2 Å². The first kappa shape index (κ1) is 20.7. The van der Waals surface area contributed by atoms with Crippen LogP contribution in [-0.2, 0) is 20.9 Å². The van der Waals surface area contributed by atoms with E-state index < -0.39 is 17.7 Å². The molecule has 1 aliphatic heterocycles. The van der Waals surface area contributed by atoms with E-state index in [-0.39, 0.29) is 18.3 Å². The Labute approximate surface area is 160 Å². The van der Waals surface area contributed by atoms with Gasteiger partial charge in [0.25, 0.3) is 0 Å².